The molecule has 0 aliphatic carbocycles. The van der Waals surface area contributed by atoms with E-state index in [9.17, 15) is 4.79 Å². The van der Waals surface area contributed by atoms with E-state index in [1.165, 1.54) is 0 Å². The Bertz CT molecular complexity index is 183. The number of alkyl halides is 1. The van der Waals surface area contributed by atoms with Crippen molar-refractivity contribution in [2.45, 2.75) is 23.3 Å². The van der Waals surface area contributed by atoms with Gasteiger partial charge in [0.05, 0.1) is 16.5 Å². The Labute approximate surface area is 106 Å². The van der Waals surface area contributed by atoms with Gasteiger partial charge in [0.1, 0.15) is 0 Å². The molecule has 0 aliphatic heterocycles. The molecule has 90 valence electrons. The summed E-state index contributed by atoms with van der Waals surface area (Å²) in [6.07, 6.45) is 0.955. The Balaban J connectivity index is 3.35. The lowest BCUT2D eigenvalue weighted by Crippen LogP contribution is -2.34. The molecule has 0 rings (SSSR count). The van der Waals surface area contributed by atoms with Gasteiger partial charge < -0.3 is 11.1 Å². The average molecular weight is 271 g/mol. The maximum Gasteiger partial charge on any atom is 0.160 e. The van der Waals surface area contributed by atoms with Crippen LogP contribution in [0.2, 0.25) is 0 Å². The second-order valence-corrected chi connectivity index (χ2v) is 5.80. The third kappa shape index (κ3) is 8.39. The van der Waals surface area contributed by atoms with E-state index < -0.39 is 0 Å². The molecule has 0 aliphatic rings. The van der Waals surface area contributed by atoms with Crippen molar-refractivity contribution in [1.82, 2.24) is 5.32 Å². The van der Waals surface area contributed by atoms with Gasteiger partial charge in [0.15, 0.2) is 5.78 Å². The summed E-state index contributed by atoms with van der Waals surface area (Å²) in [6.45, 7) is 3.46. The monoisotopic (exact) mass is 270 g/mol. The van der Waals surface area contributed by atoms with E-state index in [1.807, 2.05) is 6.92 Å². The minimum atomic E-state index is -0.346. The van der Waals surface area contributed by atoms with Crippen LogP contribution in [-0.4, -0.2) is 41.1 Å². The number of nitrogens with two attached hydrogens (primary N) is 1. The van der Waals surface area contributed by atoms with Gasteiger partial charge in [-0.3, -0.25) is 4.79 Å². The van der Waals surface area contributed by atoms with Gasteiger partial charge in [0.25, 0.3) is 0 Å². The normalized spacial score (nSPS) is 14.9. The molecular weight excluding hydrogens is 252 g/mol. The van der Waals surface area contributed by atoms with Gasteiger partial charge in [-0.15, -0.1) is 23.4 Å². The lowest BCUT2D eigenvalue weighted by molar-refractivity contribution is -0.117. The summed E-state index contributed by atoms with van der Waals surface area (Å²) in [5, 5.41) is 2.70. The van der Waals surface area contributed by atoms with Crippen LogP contribution in [0.25, 0.3) is 0 Å². The zero-order valence-corrected chi connectivity index (χ0v) is 11.4. The van der Waals surface area contributed by atoms with Gasteiger partial charge in [-0.25, -0.2) is 0 Å². The SMILES string of the molecule is CCC(Cl)SCCNCC(=O)C(S)CN. The number of carbonyl (C=O) groups excluding carboxylic acids is 1. The fourth-order valence-electron chi connectivity index (χ4n) is 0.838. The molecule has 0 bridgehead atoms. The minimum absolute atomic E-state index is 0.0451. The number of halogens is 1. The molecule has 0 fully saturated rings. The molecule has 0 saturated carbocycles. The van der Waals surface area contributed by atoms with E-state index >= 15 is 0 Å². The highest BCUT2D eigenvalue weighted by molar-refractivity contribution is 8.01. The van der Waals surface area contributed by atoms with Crippen molar-refractivity contribution in [1.29, 1.82) is 0 Å². The third-order valence-corrected chi connectivity index (χ3v) is 4.11. The average Bonchev–Trinajstić information content (AvgIpc) is 2.26. The minimum Gasteiger partial charge on any atom is -0.329 e. The first-order chi connectivity index (χ1) is 7.11. The largest absolute Gasteiger partial charge is 0.329 e. The highest BCUT2D eigenvalue weighted by Crippen LogP contribution is 2.17. The number of thiol groups is 1. The fourth-order valence-corrected chi connectivity index (χ4v) is 1.95. The van der Waals surface area contributed by atoms with Crippen LogP contribution in [-0.2, 0) is 4.79 Å². The Hall–Kier alpha value is 0.580. The van der Waals surface area contributed by atoms with Gasteiger partial charge in [0.2, 0.25) is 0 Å². The molecule has 0 spiro atoms. The standard InChI is InChI=1S/C9H19ClN2OS2/c1-2-9(10)15-4-3-12-6-7(13)8(14)5-11/h8-9,12,14H,2-6,11H2,1H3. The second-order valence-electron chi connectivity index (χ2n) is 3.08. The van der Waals surface area contributed by atoms with Crippen LogP contribution in [0, 0.1) is 0 Å². The highest BCUT2D eigenvalue weighted by Gasteiger charge is 2.10. The van der Waals surface area contributed by atoms with E-state index in [2.05, 4.69) is 17.9 Å². The van der Waals surface area contributed by atoms with Crippen molar-refractivity contribution < 1.29 is 4.79 Å². The number of hydrogen-bond donors (Lipinski definition) is 3. The molecule has 0 aromatic rings. The topological polar surface area (TPSA) is 55.1 Å². The first-order valence-corrected chi connectivity index (χ1v) is 6.99. The number of rotatable bonds is 9. The molecule has 0 radical (unpaired) electrons. The van der Waals surface area contributed by atoms with Crippen LogP contribution in [0.5, 0.6) is 0 Å². The molecule has 2 atom stereocenters. The number of nitrogens with one attached hydrogen (secondary N) is 1. The molecular formula is C9H19ClN2OS2. The van der Waals surface area contributed by atoms with Gasteiger partial charge in [-0.05, 0) is 6.42 Å². The molecule has 15 heavy (non-hydrogen) atoms. The van der Waals surface area contributed by atoms with Crippen molar-refractivity contribution in [3.8, 4) is 0 Å². The number of hydrogen-bond acceptors (Lipinski definition) is 5. The quantitative estimate of drug-likeness (QED) is 0.334. The number of thioether (sulfide) groups is 1. The predicted molar refractivity (Wildman–Crippen MR) is 72.1 cm³/mol. The molecule has 0 saturated heterocycles. The van der Waals surface area contributed by atoms with E-state index in [1.54, 1.807) is 11.8 Å². The first-order valence-electron chi connectivity index (χ1n) is 4.99. The lowest BCUT2D eigenvalue weighted by atomic mass is 10.3. The Morgan fingerprint density at radius 2 is 2.33 bits per heavy atom. The zero-order valence-electron chi connectivity index (χ0n) is 8.91. The van der Waals surface area contributed by atoms with Crippen LogP contribution in [0.15, 0.2) is 0 Å². The summed E-state index contributed by atoms with van der Waals surface area (Å²) in [5.41, 5.74) is 5.31. The molecule has 0 heterocycles. The molecule has 3 N–H and O–H groups in total. The first kappa shape index (κ1) is 15.6. The van der Waals surface area contributed by atoms with E-state index in [4.69, 9.17) is 17.3 Å². The summed E-state index contributed by atoms with van der Waals surface area (Å²) in [6, 6.07) is 0. The Kier molecular flexibility index (Phi) is 10.2. The number of ketones is 1. The Morgan fingerprint density at radius 3 is 2.87 bits per heavy atom. The van der Waals surface area contributed by atoms with E-state index in [0.29, 0.717) is 6.54 Å². The molecule has 3 nitrogen and oxygen atoms in total. The van der Waals surface area contributed by atoms with Gasteiger partial charge in [0, 0.05) is 18.8 Å². The second kappa shape index (κ2) is 9.78. The van der Waals surface area contributed by atoms with Crippen LogP contribution >= 0.6 is 36.0 Å². The molecule has 6 heteroatoms. The van der Waals surface area contributed by atoms with E-state index in [-0.39, 0.29) is 22.3 Å². The van der Waals surface area contributed by atoms with Gasteiger partial charge >= 0.3 is 0 Å². The van der Waals surface area contributed by atoms with Crippen LogP contribution in [0.1, 0.15) is 13.3 Å². The lowest BCUT2D eigenvalue weighted by Gasteiger charge is -2.09. The maximum absolute atomic E-state index is 11.3. The van der Waals surface area contributed by atoms with Gasteiger partial charge in [-0.1, -0.05) is 6.92 Å². The fraction of sp³-hybridized carbons (Fsp3) is 0.889. The smallest absolute Gasteiger partial charge is 0.160 e. The maximum atomic E-state index is 11.3. The van der Waals surface area contributed by atoms with Crippen molar-refractivity contribution >= 4 is 41.8 Å². The van der Waals surface area contributed by atoms with Crippen molar-refractivity contribution in [2.24, 2.45) is 5.73 Å². The number of carbonyl (C=O) groups is 1. The summed E-state index contributed by atoms with van der Waals surface area (Å²) in [7, 11) is 0. The highest BCUT2D eigenvalue weighted by atomic mass is 35.5. The van der Waals surface area contributed by atoms with Crippen molar-refractivity contribution in [2.75, 3.05) is 25.4 Å². The molecule has 0 aromatic heterocycles. The van der Waals surface area contributed by atoms with Crippen LogP contribution in [0.3, 0.4) is 0 Å². The summed E-state index contributed by atoms with van der Waals surface area (Å²) in [5.74, 6) is 0.957. The zero-order chi connectivity index (χ0) is 11.7. The van der Waals surface area contributed by atoms with Crippen molar-refractivity contribution in [3.05, 3.63) is 0 Å². The van der Waals surface area contributed by atoms with Crippen LogP contribution < -0.4 is 11.1 Å². The third-order valence-electron chi connectivity index (χ3n) is 1.79. The predicted octanol–water partition coefficient (Wildman–Crippen LogP) is 1.11. The Morgan fingerprint density at radius 1 is 1.67 bits per heavy atom. The summed E-state index contributed by atoms with van der Waals surface area (Å²) >= 11 is 11.7. The molecule has 0 amide bonds. The van der Waals surface area contributed by atoms with Crippen LogP contribution in [0.4, 0.5) is 0 Å². The van der Waals surface area contributed by atoms with Gasteiger partial charge in [-0.2, -0.15) is 12.6 Å². The summed E-state index contributed by atoms with van der Waals surface area (Å²) < 4.78 is 0.171. The molecule has 0 aromatic carbocycles. The molecule has 2 unspecified atom stereocenters. The van der Waals surface area contributed by atoms with Crippen molar-refractivity contribution in [3.63, 3.8) is 0 Å². The van der Waals surface area contributed by atoms with E-state index in [0.717, 1.165) is 18.7 Å². The summed E-state index contributed by atoms with van der Waals surface area (Å²) in [4.78, 5) is 11.3. The number of Topliss-reactive ketones (excluding diaryl/α,β-unsaturated/α-hetero) is 1.